The molecule has 0 rings (SSSR count). The molecule has 0 spiro atoms. The zero-order valence-corrected chi connectivity index (χ0v) is 13.1. The van der Waals surface area contributed by atoms with Crippen LogP contribution in [0.25, 0.3) is 0 Å². The summed E-state index contributed by atoms with van der Waals surface area (Å²) in [4.78, 5) is 0. The maximum absolute atomic E-state index is 8.26. The molecule has 5 N–H and O–H groups in total. The van der Waals surface area contributed by atoms with Gasteiger partial charge in [-0.3, -0.25) is 0 Å². The molecular weight excluding hydrogens is 284 g/mol. The van der Waals surface area contributed by atoms with E-state index >= 15 is 0 Å². The smallest absolute Gasteiger partial charge is 0.0701 e. The summed E-state index contributed by atoms with van der Waals surface area (Å²) in [7, 11) is 0. The van der Waals surface area contributed by atoms with Crippen LogP contribution in [-0.2, 0) is 14.2 Å². The minimum atomic E-state index is -0.167. The van der Waals surface area contributed by atoms with E-state index < -0.39 is 0 Å². The highest BCUT2D eigenvalue weighted by Gasteiger charge is 1.86. The van der Waals surface area contributed by atoms with Crippen molar-refractivity contribution < 1.29 is 39.7 Å². The Labute approximate surface area is 126 Å². The molecule has 0 fully saturated rings. The molecule has 0 aromatic carbocycles. The first-order valence-electron chi connectivity index (χ1n) is 6.91. The van der Waals surface area contributed by atoms with Crippen molar-refractivity contribution in [3.8, 4) is 0 Å². The van der Waals surface area contributed by atoms with Gasteiger partial charge in [-0.05, 0) is 13.8 Å². The van der Waals surface area contributed by atoms with Gasteiger partial charge < -0.3 is 39.7 Å². The van der Waals surface area contributed by atoms with Crippen LogP contribution in [0, 0.1) is 0 Å². The topological polar surface area (TPSA) is 129 Å². The second kappa shape index (κ2) is 27.9. The van der Waals surface area contributed by atoms with Crippen LogP contribution in [0.15, 0.2) is 0 Å². The SMILES string of the molecule is CC(C)O.OCCOCCO.OCCOCCOCCO. The second-order valence-corrected chi connectivity index (χ2v) is 3.83. The zero-order chi connectivity index (χ0) is 16.8. The van der Waals surface area contributed by atoms with Crippen molar-refractivity contribution in [2.45, 2.75) is 20.0 Å². The summed E-state index contributed by atoms with van der Waals surface area (Å²) in [6.45, 7) is 5.87. The molecule has 0 aliphatic carbocycles. The molecule has 0 radical (unpaired) electrons. The minimum absolute atomic E-state index is 0.0278. The summed E-state index contributed by atoms with van der Waals surface area (Å²) in [6.07, 6.45) is -0.167. The number of rotatable bonds is 11. The monoisotopic (exact) mass is 316 g/mol. The Kier molecular flexibility index (Phi) is 34.1. The Morgan fingerprint density at radius 3 is 0.952 bits per heavy atom. The number of hydrogen-bond donors (Lipinski definition) is 5. The second-order valence-electron chi connectivity index (χ2n) is 3.83. The zero-order valence-electron chi connectivity index (χ0n) is 13.1. The highest BCUT2D eigenvalue weighted by molar-refractivity contribution is 4.30. The number of hydrogen-bond acceptors (Lipinski definition) is 8. The molecule has 0 unspecified atom stereocenters. The fourth-order valence-electron chi connectivity index (χ4n) is 0.682. The molecule has 0 amide bonds. The molecule has 0 aliphatic rings. The van der Waals surface area contributed by atoms with Crippen molar-refractivity contribution in [2.24, 2.45) is 0 Å². The summed E-state index contributed by atoms with van der Waals surface area (Å²) in [6, 6.07) is 0. The van der Waals surface area contributed by atoms with Gasteiger partial charge in [-0.25, -0.2) is 0 Å². The maximum atomic E-state index is 8.26. The predicted molar refractivity (Wildman–Crippen MR) is 78.2 cm³/mol. The Morgan fingerprint density at radius 1 is 0.571 bits per heavy atom. The standard InChI is InChI=1S/C6H14O4.C4H10O3.C3H8O/c7-1-3-9-5-6-10-4-2-8;5-1-3-7-4-2-6;1-3(2)4/h7-8H,1-6H2;5-6H,1-4H2;3-4H,1-2H3. The van der Waals surface area contributed by atoms with Crippen LogP contribution in [0.1, 0.15) is 13.8 Å². The van der Waals surface area contributed by atoms with Crippen molar-refractivity contribution in [2.75, 3.05) is 66.1 Å². The molecular formula is C13H32O8. The van der Waals surface area contributed by atoms with Crippen molar-refractivity contribution in [3.63, 3.8) is 0 Å². The summed E-state index contributed by atoms with van der Waals surface area (Å²) in [5, 5.41) is 40.8. The van der Waals surface area contributed by atoms with E-state index in [1.165, 1.54) is 0 Å². The number of aliphatic hydroxyl groups is 5. The van der Waals surface area contributed by atoms with Crippen LogP contribution in [0.5, 0.6) is 0 Å². The highest BCUT2D eigenvalue weighted by atomic mass is 16.5. The Balaban J connectivity index is -0.000000256. The third kappa shape index (κ3) is 53.9. The number of aliphatic hydroxyl groups excluding tert-OH is 5. The van der Waals surface area contributed by atoms with Gasteiger partial charge in [0.05, 0.1) is 66.1 Å². The van der Waals surface area contributed by atoms with Crippen molar-refractivity contribution in [3.05, 3.63) is 0 Å². The average Bonchev–Trinajstić information content (AvgIpc) is 2.43. The van der Waals surface area contributed by atoms with Crippen molar-refractivity contribution >= 4 is 0 Å². The first kappa shape index (κ1) is 25.6. The lowest BCUT2D eigenvalue weighted by atomic mass is 10.5. The maximum Gasteiger partial charge on any atom is 0.0701 e. The average molecular weight is 316 g/mol. The van der Waals surface area contributed by atoms with Gasteiger partial charge in [0.2, 0.25) is 0 Å². The van der Waals surface area contributed by atoms with E-state index in [0.717, 1.165) is 0 Å². The molecule has 0 atom stereocenters. The molecule has 21 heavy (non-hydrogen) atoms. The summed E-state index contributed by atoms with van der Waals surface area (Å²) < 4.78 is 14.4. The van der Waals surface area contributed by atoms with E-state index in [9.17, 15) is 0 Å². The van der Waals surface area contributed by atoms with Gasteiger partial charge in [0.1, 0.15) is 0 Å². The quantitative estimate of drug-likeness (QED) is 0.288. The van der Waals surface area contributed by atoms with Gasteiger partial charge in [0, 0.05) is 6.10 Å². The molecule has 0 heterocycles. The number of ether oxygens (including phenoxy) is 3. The molecule has 0 saturated carbocycles. The van der Waals surface area contributed by atoms with Crippen molar-refractivity contribution in [1.82, 2.24) is 0 Å². The minimum Gasteiger partial charge on any atom is -0.394 e. The largest absolute Gasteiger partial charge is 0.394 e. The Bertz CT molecular complexity index is 131. The van der Waals surface area contributed by atoms with E-state index in [1.807, 2.05) is 0 Å². The molecule has 0 saturated heterocycles. The van der Waals surface area contributed by atoms with Crippen LogP contribution < -0.4 is 0 Å². The third-order valence-corrected chi connectivity index (χ3v) is 1.31. The molecule has 0 aliphatic heterocycles. The van der Waals surface area contributed by atoms with Gasteiger partial charge >= 0.3 is 0 Å². The van der Waals surface area contributed by atoms with Gasteiger partial charge in [-0.2, -0.15) is 0 Å². The van der Waals surface area contributed by atoms with Gasteiger partial charge in [-0.15, -0.1) is 0 Å². The van der Waals surface area contributed by atoms with Crippen LogP contribution in [0.2, 0.25) is 0 Å². The van der Waals surface area contributed by atoms with E-state index in [0.29, 0.717) is 39.6 Å². The normalized spacial score (nSPS) is 9.71. The lowest BCUT2D eigenvalue weighted by molar-refractivity contribution is 0.0222. The summed E-state index contributed by atoms with van der Waals surface area (Å²) in [5.41, 5.74) is 0. The van der Waals surface area contributed by atoms with E-state index in [2.05, 4.69) is 4.74 Å². The van der Waals surface area contributed by atoms with Crippen LogP contribution in [0.3, 0.4) is 0 Å². The van der Waals surface area contributed by atoms with Crippen molar-refractivity contribution in [1.29, 1.82) is 0 Å². The third-order valence-electron chi connectivity index (χ3n) is 1.31. The molecule has 8 heteroatoms. The summed E-state index contributed by atoms with van der Waals surface area (Å²) in [5.74, 6) is 0. The van der Waals surface area contributed by atoms with Gasteiger partial charge in [-0.1, -0.05) is 0 Å². The summed E-state index contributed by atoms with van der Waals surface area (Å²) >= 11 is 0. The lowest BCUT2D eigenvalue weighted by Crippen LogP contribution is -2.09. The molecule has 0 aromatic heterocycles. The first-order chi connectivity index (χ1) is 10.1. The van der Waals surface area contributed by atoms with Crippen LogP contribution in [0.4, 0.5) is 0 Å². The highest BCUT2D eigenvalue weighted by Crippen LogP contribution is 1.76. The van der Waals surface area contributed by atoms with Gasteiger partial charge in [0.15, 0.2) is 0 Å². The molecule has 0 aromatic rings. The molecule has 8 nitrogen and oxygen atoms in total. The van der Waals surface area contributed by atoms with E-state index in [4.69, 9.17) is 35.0 Å². The Morgan fingerprint density at radius 2 is 0.762 bits per heavy atom. The van der Waals surface area contributed by atoms with Crippen LogP contribution in [-0.4, -0.2) is 97.7 Å². The van der Waals surface area contributed by atoms with Gasteiger partial charge in [0.25, 0.3) is 0 Å². The predicted octanol–water partition coefficient (Wildman–Crippen LogP) is -1.62. The Hall–Kier alpha value is -0.320. The molecule has 0 bridgehead atoms. The lowest BCUT2D eigenvalue weighted by Gasteiger charge is -2.01. The first-order valence-corrected chi connectivity index (χ1v) is 6.91. The fourth-order valence-corrected chi connectivity index (χ4v) is 0.682. The molecule has 132 valence electrons. The van der Waals surface area contributed by atoms with E-state index in [-0.39, 0.29) is 32.5 Å². The fraction of sp³-hybridized carbons (Fsp3) is 1.00. The van der Waals surface area contributed by atoms with E-state index in [1.54, 1.807) is 13.8 Å². The van der Waals surface area contributed by atoms with Crippen LogP contribution >= 0.6 is 0 Å².